The number of amides is 1. The number of benzene rings is 2. The van der Waals surface area contributed by atoms with Crippen molar-refractivity contribution in [2.24, 2.45) is 4.99 Å². The highest BCUT2D eigenvalue weighted by atomic mass is 16.5. The maximum atomic E-state index is 12.1. The van der Waals surface area contributed by atoms with Crippen LogP contribution in [0.15, 0.2) is 47.5 Å². The summed E-state index contributed by atoms with van der Waals surface area (Å²) in [5.74, 6) is 1.52. The number of fused-ring (bicyclic) bond motifs is 1. The second-order valence-corrected chi connectivity index (χ2v) is 7.61. The number of ether oxygens (including phenoxy) is 1. The first kappa shape index (κ1) is 20.7. The van der Waals surface area contributed by atoms with Gasteiger partial charge >= 0.3 is 0 Å². The first-order valence-electron chi connectivity index (χ1n) is 9.97. The molecule has 0 aliphatic carbocycles. The average molecular weight is 395 g/mol. The number of aryl methyl sites for hydroxylation is 2. The normalized spacial score (nSPS) is 15.9. The maximum Gasteiger partial charge on any atom is 0.241 e. The summed E-state index contributed by atoms with van der Waals surface area (Å²) in [6.45, 7) is 5.57. The highest BCUT2D eigenvalue weighted by Crippen LogP contribution is 2.31. The molecule has 0 aromatic heterocycles. The first-order chi connectivity index (χ1) is 13.9. The second-order valence-electron chi connectivity index (χ2n) is 7.61. The van der Waals surface area contributed by atoms with Crippen molar-refractivity contribution in [3.63, 3.8) is 0 Å². The minimum absolute atomic E-state index is 0.00149. The third-order valence-electron chi connectivity index (χ3n) is 5.08. The Morgan fingerprint density at radius 3 is 2.76 bits per heavy atom. The summed E-state index contributed by atoms with van der Waals surface area (Å²) in [6, 6.07) is 14.5. The zero-order chi connectivity index (χ0) is 20.8. The number of carbonyl (C=O) groups excluding carboxylic acids is 1. The fourth-order valence-electron chi connectivity index (χ4n) is 3.31. The van der Waals surface area contributed by atoms with Gasteiger partial charge in [-0.25, -0.2) is 4.99 Å². The van der Waals surface area contributed by atoms with E-state index in [9.17, 15) is 4.79 Å². The lowest BCUT2D eigenvalue weighted by Gasteiger charge is -2.28. The zero-order valence-electron chi connectivity index (χ0n) is 17.7. The van der Waals surface area contributed by atoms with E-state index in [1.807, 2.05) is 18.2 Å². The molecule has 1 aliphatic heterocycles. The van der Waals surface area contributed by atoms with Gasteiger partial charge in [0.05, 0.1) is 25.7 Å². The fraction of sp³-hybridized carbons (Fsp3) is 0.391. The Morgan fingerprint density at radius 2 is 2.00 bits per heavy atom. The van der Waals surface area contributed by atoms with Gasteiger partial charge in [0.2, 0.25) is 5.91 Å². The van der Waals surface area contributed by atoms with Crippen LogP contribution in [0.3, 0.4) is 0 Å². The van der Waals surface area contributed by atoms with Crippen LogP contribution in [0, 0.1) is 13.8 Å². The van der Waals surface area contributed by atoms with Crippen LogP contribution in [0.4, 0.5) is 0 Å². The standard InChI is InChI=1S/C23H30N4O2/c1-16-9-10-18(17(2)13-16)14-24-23(25-15-22(28)27(3)4)26-20-11-12-29-21-8-6-5-7-19(20)21/h5-10,13,20H,11-12,14-15H2,1-4H3,(H2,24,25,26). The van der Waals surface area contributed by atoms with Crippen molar-refractivity contribution in [2.75, 3.05) is 27.2 Å². The van der Waals surface area contributed by atoms with E-state index in [4.69, 9.17) is 9.73 Å². The van der Waals surface area contributed by atoms with Crippen molar-refractivity contribution >= 4 is 11.9 Å². The minimum Gasteiger partial charge on any atom is -0.493 e. The van der Waals surface area contributed by atoms with Crippen LogP contribution in [-0.4, -0.2) is 44.0 Å². The summed E-state index contributed by atoms with van der Waals surface area (Å²) in [7, 11) is 3.50. The average Bonchev–Trinajstić information content (AvgIpc) is 2.70. The van der Waals surface area contributed by atoms with E-state index in [1.54, 1.807) is 19.0 Å². The Bertz CT molecular complexity index is 892. The van der Waals surface area contributed by atoms with Crippen LogP contribution < -0.4 is 15.4 Å². The van der Waals surface area contributed by atoms with Crippen LogP contribution >= 0.6 is 0 Å². The maximum absolute atomic E-state index is 12.1. The number of likely N-dealkylation sites (N-methyl/N-ethyl adjacent to an activating group) is 1. The van der Waals surface area contributed by atoms with Gasteiger partial charge < -0.3 is 20.3 Å². The molecule has 2 N–H and O–H groups in total. The molecule has 1 atom stereocenters. The number of hydrogen-bond donors (Lipinski definition) is 2. The monoisotopic (exact) mass is 394 g/mol. The van der Waals surface area contributed by atoms with Gasteiger partial charge in [0.25, 0.3) is 0 Å². The Labute approximate surface area is 173 Å². The molecule has 2 aromatic carbocycles. The molecule has 0 bridgehead atoms. The molecule has 29 heavy (non-hydrogen) atoms. The second kappa shape index (κ2) is 9.45. The van der Waals surface area contributed by atoms with Crippen molar-refractivity contribution < 1.29 is 9.53 Å². The van der Waals surface area contributed by atoms with Gasteiger partial charge in [-0.05, 0) is 31.0 Å². The van der Waals surface area contributed by atoms with E-state index >= 15 is 0 Å². The molecule has 0 saturated heterocycles. The van der Waals surface area contributed by atoms with E-state index in [2.05, 4.69) is 48.7 Å². The quantitative estimate of drug-likeness (QED) is 0.604. The topological polar surface area (TPSA) is 66.0 Å². The summed E-state index contributed by atoms with van der Waals surface area (Å²) >= 11 is 0. The number of para-hydroxylation sites is 1. The smallest absolute Gasteiger partial charge is 0.241 e. The highest BCUT2D eigenvalue weighted by molar-refractivity contribution is 5.86. The molecule has 1 aliphatic rings. The summed E-state index contributed by atoms with van der Waals surface area (Å²) in [6.07, 6.45) is 0.836. The Balaban J connectivity index is 1.78. The van der Waals surface area contributed by atoms with Gasteiger partial charge in [-0.1, -0.05) is 42.0 Å². The number of nitrogens with one attached hydrogen (secondary N) is 2. The van der Waals surface area contributed by atoms with Crippen LogP contribution in [0.1, 0.15) is 34.7 Å². The Hall–Kier alpha value is -3.02. The van der Waals surface area contributed by atoms with Crippen molar-refractivity contribution in [3.05, 3.63) is 64.7 Å². The van der Waals surface area contributed by atoms with Crippen LogP contribution in [0.2, 0.25) is 0 Å². The Kier molecular flexibility index (Phi) is 6.75. The van der Waals surface area contributed by atoms with Crippen molar-refractivity contribution in [2.45, 2.75) is 32.9 Å². The molecule has 6 nitrogen and oxygen atoms in total. The van der Waals surface area contributed by atoms with Crippen molar-refractivity contribution in [1.29, 1.82) is 0 Å². The molecule has 0 radical (unpaired) electrons. The lowest BCUT2D eigenvalue weighted by Crippen LogP contribution is -2.45. The third-order valence-corrected chi connectivity index (χ3v) is 5.08. The van der Waals surface area contributed by atoms with E-state index in [-0.39, 0.29) is 18.5 Å². The van der Waals surface area contributed by atoms with Gasteiger partial charge in [0.15, 0.2) is 5.96 Å². The van der Waals surface area contributed by atoms with E-state index in [1.165, 1.54) is 16.7 Å². The van der Waals surface area contributed by atoms with Crippen molar-refractivity contribution in [1.82, 2.24) is 15.5 Å². The minimum atomic E-state index is -0.00149. The lowest BCUT2D eigenvalue weighted by molar-refractivity contribution is -0.127. The Morgan fingerprint density at radius 1 is 1.21 bits per heavy atom. The molecular weight excluding hydrogens is 364 g/mol. The third kappa shape index (κ3) is 5.50. The van der Waals surface area contributed by atoms with Crippen LogP contribution in [0.25, 0.3) is 0 Å². The molecular formula is C23H30N4O2. The van der Waals surface area contributed by atoms with Crippen LogP contribution in [-0.2, 0) is 11.3 Å². The molecule has 1 heterocycles. The molecule has 0 fully saturated rings. The number of aliphatic imine (C=N–C) groups is 1. The molecule has 1 amide bonds. The number of rotatable bonds is 5. The number of guanidine groups is 1. The van der Waals surface area contributed by atoms with Gasteiger partial charge in [0.1, 0.15) is 5.75 Å². The number of hydrogen-bond acceptors (Lipinski definition) is 3. The summed E-state index contributed by atoms with van der Waals surface area (Å²) in [5.41, 5.74) is 4.73. The molecule has 0 spiro atoms. The molecule has 2 aromatic rings. The predicted octanol–water partition coefficient (Wildman–Crippen LogP) is 2.95. The molecule has 1 unspecified atom stereocenters. The highest BCUT2D eigenvalue weighted by Gasteiger charge is 2.22. The number of carbonyl (C=O) groups is 1. The van der Waals surface area contributed by atoms with Crippen LogP contribution in [0.5, 0.6) is 5.75 Å². The predicted molar refractivity (Wildman–Crippen MR) is 116 cm³/mol. The molecule has 154 valence electrons. The molecule has 3 rings (SSSR count). The SMILES string of the molecule is Cc1ccc(CN=C(NCC(=O)N(C)C)NC2CCOc3ccccc32)c(C)c1. The zero-order valence-corrected chi connectivity index (χ0v) is 17.7. The van der Waals surface area contributed by atoms with Crippen molar-refractivity contribution in [3.8, 4) is 5.75 Å². The number of nitrogens with zero attached hydrogens (tertiary/aromatic N) is 2. The van der Waals surface area contributed by atoms with E-state index in [0.717, 1.165) is 17.7 Å². The van der Waals surface area contributed by atoms with E-state index in [0.29, 0.717) is 19.1 Å². The van der Waals surface area contributed by atoms with E-state index < -0.39 is 0 Å². The fourth-order valence-corrected chi connectivity index (χ4v) is 3.31. The summed E-state index contributed by atoms with van der Waals surface area (Å²) in [5, 5.41) is 6.68. The van der Waals surface area contributed by atoms with Gasteiger partial charge in [-0.2, -0.15) is 0 Å². The van der Waals surface area contributed by atoms with Gasteiger partial charge in [-0.3, -0.25) is 4.79 Å². The summed E-state index contributed by atoms with van der Waals surface area (Å²) < 4.78 is 5.76. The summed E-state index contributed by atoms with van der Waals surface area (Å²) in [4.78, 5) is 18.4. The van der Waals surface area contributed by atoms with Gasteiger partial charge in [-0.15, -0.1) is 0 Å². The van der Waals surface area contributed by atoms with Gasteiger partial charge in [0, 0.05) is 26.1 Å². The largest absolute Gasteiger partial charge is 0.493 e. The molecule has 0 saturated carbocycles. The first-order valence-corrected chi connectivity index (χ1v) is 9.97. The lowest BCUT2D eigenvalue weighted by atomic mass is 10.0. The molecule has 6 heteroatoms.